The fraction of sp³-hybridized carbons (Fsp3) is 0.733. The molecular formula is C15H23N3O. The van der Waals surface area contributed by atoms with Crippen molar-refractivity contribution in [1.29, 1.82) is 0 Å². The van der Waals surface area contributed by atoms with E-state index in [-0.39, 0.29) is 11.0 Å². The summed E-state index contributed by atoms with van der Waals surface area (Å²) in [6, 6.07) is 0.335. The summed E-state index contributed by atoms with van der Waals surface area (Å²) in [7, 11) is 1.77. The molecule has 2 aliphatic carbocycles. The summed E-state index contributed by atoms with van der Waals surface area (Å²) in [5.41, 5.74) is 0.497. The highest BCUT2D eigenvalue weighted by molar-refractivity contribution is 5.36. The Labute approximate surface area is 114 Å². The van der Waals surface area contributed by atoms with Gasteiger partial charge in [0, 0.05) is 25.5 Å². The summed E-state index contributed by atoms with van der Waals surface area (Å²) in [5.74, 6) is 1.26. The highest BCUT2D eigenvalue weighted by Crippen LogP contribution is 2.62. The first-order valence-corrected chi connectivity index (χ1v) is 7.13. The summed E-state index contributed by atoms with van der Waals surface area (Å²) >= 11 is 0. The summed E-state index contributed by atoms with van der Waals surface area (Å²) in [4.78, 5) is 16.4. The van der Waals surface area contributed by atoms with Crippen molar-refractivity contribution in [2.75, 3.05) is 5.32 Å². The summed E-state index contributed by atoms with van der Waals surface area (Å²) in [5, 5.41) is 3.47. The third kappa shape index (κ3) is 1.72. The minimum Gasteiger partial charge on any atom is -0.362 e. The Bertz CT molecular complexity index is 558. The molecular weight excluding hydrogens is 238 g/mol. The summed E-state index contributed by atoms with van der Waals surface area (Å²) in [6.07, 6.45) is 7.23. The molecule has 4 heteroatoms. The Balaban J connectivity index is 1.95. The van der Waals surface area contributed by atoms with Crippen molar-refractivity contribution in [3.63, 3.8) is 0 Å². The van der Waals surface area contributed by atoms with Crippen LogP contribution in [-0.2, 0) is 7.05 Å². The number of hydrogen-bond acceptors (Lipinski definition) is 3. The number of hydrogen-bond donors (Lipinski definition) is 1. The van der Waals surface area contributed by atoms with Gasteiger partial charge in [-0.15, -0.1) is 0 Å². The van der Waals surface area contributed by atoms with Crippen LogP contribution in [0.25, 0.3) is 0 Å². The molecule has 3 rings (SSSR count). The molecule has 0 saturated heterocycles. The SMILES string of the molecule is Cn1ccnc(NC2C3(C)CCC(C3)C2(C)C)c1=O. The summed E-state index contributed by atoms with van der Waals surface area (Å²) < 4.78 is 1.58. The van der Waals surface area contributed by atoms with Crippen molar-refractivity contribution < 1.29 is 0 Å². The van der Waals surface area contributed by atoms with Crippen LogP contribution in [-0.4, -0.2) is 15.6 Å². The molecule has 0 aliphatic heterocycles. The summed E-state index contributed by atoms with van der Waals surface area (Å²) in [6.45, 7) is 7.01. The monoisotopic (exact) mass is 261 g/mol. The van der Waals surface area contributed by atoms with Crippen molar-refractivity contribution in [2.24, 2.45) is 23.8 Å². The van der Waals surface area contributed by atoms with Crippen molar-refractivity contribution >= 4 is 5.82 Å². The van der Waals surface area contributed by atoms with Crippen molar-refractivity contribution in [1.82, 2.24) is 9.55 Å². The lowest BCUT2D eigenvalue weighted by Gasteiger charge is -2.43. The first-order valence-electron chi connectivity index (χ1n) is 7.13. The quantitative estimate of drug-likeness (QED) is 0.889. The molecule has 0 radical (unpaired) electrons. The highest BCUT2D eigenvalue weighted by atomic mass is 16.1. The second kappa shape index (κ2) is 3.84. The minimum absolute atomic E-state index is 0.0373. The van der Waals surface area contributed by atoms with Gasteiger partial charge < -0.3 is 9.88 Å². The normalized spacial score (nSPS) is 35.6. The number of nitrogens with one attached hydrogen (secondary N) is 1. The molecule has 2 saturated carbocycles. The Hall–Kier alpha value is -1.32. The first kappa shape index (κ1) is 12.7. The highest BCUT2D eigenvalue weighted by Gasteiger charge is 2.59. The largest absolute Gasteiger partial charge is 0.362 e. The van der Waals surface area contributed by atoms with E-state index in [1.165, 1.54) is 19.3 Å². The van der Waals surface area contributed by atoms with Gasteiger partial charge in [-0.3, -0.25) is 4.79 Å². The molecule has 2 aliphatic rings. The van der Waals surface area contributed by atoms with Crippen LogP contribution >= 0.6 is 0 Å². The Morgan fingerprint density at radius 2 is 2.16 bits per heavy atom. The van der Waals surface area contributed by atoms with Crippen LogP contribution in [0.3, 0.4) is 0 Å². The zero-order chi connectivity index (χ0) is 13.8. The van der Waals surface area contributed by atoms with Gasteiger partial charge in [0.1, 0.15) is 0 Å². The lowest BCUT2D eigenvalue weighted by molar-refractivity contribution is 0.155. The van der Waals surface area contributed by atoms with Gasteiger partial charge in [-0.2, -0.15) is 0 Å². The van der Waals surface area contributed by atoms with E-state index in [9.17, 15) is 4.79 Å². The average Bonchev–Trinajstić information content (AvgIpc) is 2.81. The molecule has 1 heterocycles. The number of rotatable bonds is 2. The fourth-order valence-corrected chi connectivity index (χ4v) is 4.40. The number of anilines is 1. The van der Waals surface area contributed by atoms with Crippen LogP contribution in [0.1, 0.15) is 40.0 Å². The second-order valence-corrected chi connectivity index (χ2v) is 7.18. The van der Waals surface area contributed by atoms with Crippen LogP contribution in [0.15, 0.2) is 17.2 Å². The van der Waals surface area contributed by atoms with E-state index in [1.54, 1.807) is 24.0 Å². The van der Waals surface area contributed by atoms with Crippen molar-refractivity contribution in [3.05, 3.63) is 22.7 Å². The Morgan fingerprint density at radius 3 is 2.79 bits per heavy atom. The molecule has 1 N–H and O–H groups in total. The predicted octanol–water partition coefficient (Wildman–Crippen LogP) is 2.41. The van der Waals surface area contributed by atoms with E-state index in [0.717, 1.165) is 5.92 Å². The van der Waals surface area contributed by atoms with Crippen molar-refractivity contribution in [3.8, 4) is 0 Å². The van der Waals surface area contributed by atoms with Gasteiger partial charge in [-0.1, -0.05) is 20.8 Å². The van der Waals surface area contributed by atoms with Crippen LogP contribution in [0, 0.1) is 16.7 Å². The molecule has 2 bridgehead atoms. The maximum atomic E-state index is 12.1. The molecule has 0 aromatic carbocycles. The van der Waals surface area contributed by atoms with Gasteiger partial charge in [0.25, 0.3) is 5.56 Å². The lowest BCUT2D eigenvalue weighted by Crippen LogP contribution is -2.47. The van der Waals surface area contributed by atoms with E-state index >= 15 is 0 Å². The number of aryl methyl sites for hydroxylation is 1. The maximum Gasteiger partial charge on any atom is 0.293 e. The van der Waals surface area contributed by atoms with Gasteiger partial charge in [-0.25, -0.2) is 4.98 Å². The van der Waals surface area contributed by atoms with E-state index in [1.807, 2.05) is 0 Å². The third-order valence-corrected chi connectivity index (χ3v) is 5.57. The van der Waals surface area contributed by atoms with E-state index < -0.39 is 0 Å². The number of nitrogens with zero attached hydrogens (tertiary/aromatic N) is 2. The Morgan fingerprint density at radius 1 is 1.42 bits per heavy atom. The number of fused-ring (bicyclic) bond motifs is 2. The first-order chi connectivity index (χ1) is 8.84. The third-order valence-electron chi connectivity index (χ3n) is 5.57. The molecule has 19 heavy (non-hydrogen) atoms. The molecule has 1 aromatic rings. The zero-order valence-corrected chi connectivity index (χ0v) is 12.2. The van der Waals surface area contributed by atoms with Crippen molar-refractivity contribution in [2.45, 2.75) is 46.1 Å². The lowest BCUT2D eigenvalue weighted by atomic mass is 9.68. The van der Waals surface area contributed by atoms with Gasteiger partial charge >= 0.3 is 0 Å². The molecule has 0 amide bonds. The molecule has 2 fully saturated rings. The minimum atomic E-state index is -0.0373. The van der Waals surface area contributed by atoms with Gasteiger partial charge in [0.15, 0.2) is 5.82 Å². The van der Waals surface area contributed by atoms with Crippen LogP contribution in [0.5, 0.6) is 0 Å². The van der Waals surface area contributed by atoms with Gasteiger partial charge in [-0.05, 0) is 36.0 Å². The zero-order valence-electron chi connectivity index (χ0n) is 12.2. The maximum absolute atomic E-state index is 12.1. The van der Waals surface area contributed by atoms with Gasteiger partial charge in [0.05, 0.1) is 0 Å². The molecule has 3 atom stereocenters. The second-order valence-electron chi connectivity index (χ2n) is 7.18. The molecule has 104 valence electrons. The topological polar surface area (TPSA) is 46.9 Å². The van der Waals surface area contributed by atoms with Crippen LogP contribution in [0.2, 0.25) is 0 Å². The van der Waals surface area contributed by atoms with E-state index in [0.29, 0.717) is 17.3 Å². The van der Waals surface area contributed by atoms with E-state index in [4.69, 9.17) is 0 Å². The smallest absolute Gasteiger partial charge is 0.293 e. The van der Waals surface area contributed by atoms with E-state index in [2.05, 4.69) is 31.1 Å². The molecule has 3 unspecified atom stereocenters. The number of aromatic nitrogens is 2. The molecule has 0 spiro atoms. The van der Waals surface area contributed by atoms with Crippen LogP contribution in [0.4, 0.5) is 5.82 Å². The Kier molecular flexibility index (Phi) is 2.57. The molecule has 1 aromatic heterocycles. The molecule has 4 nitrogen and oxygen atoms in total. The van der Waals surface area contributed by atoms with Gasteiger partial charge in [0.2, 0.25) is 0 Å². The standard InChI is InChI=1S/C15H23N3O/c1-14(2)10-5-6-15(3,9-10)13(14)17-11-12(19)18(4)8-7-16-11/h7-8,10,13H,5-6,9H2,1-4H3,(H,16,17). The average molecular weight is 261 g/mol. The predicted molar refractivity (Wildman–Crippen MR) is 76.1 cm³/mol. The fourth-order valence-electron chi connectivity index (χ4n) is 4.40. The van der Waals surface area contributed by atoms with Crippen LogP contribution < -0.4 is 10.9 Å².